The number of carbonyl (C=O) groups is 1. The molecule has 1 atom stereocenters. The van der Waals surface area contributed by atoms with E-state index < -0.39 is 10.0 Å². The van der Waals surface area contributed by atoms with Gasteiger partial charge in [-0.05, 0) is 37.2 Å². The van der Waals surface area contributed by atoms with Gasteiger partial charge >= 0.3 is 0 Å². The second kappa shape index (κ2) is 6.88. The molecule has 3 N–H and O–H groups in total. The van der Waals surface area contributed by atoms with E-state index >= 15 is 0 Å². The summed E-state index contributed by atoms with van der Waals surface area (Å²) in [6.07, 6.45) is 1.52. The van der Waals surface area contributed by atoms with E-state index in [-0.39, 0.29) is 16.7 Å². The van der Waals surface area contributed by atoms with E-state index in [1.54, 1.807) is 17.5 Å². The molecule has 0 bridgehead atoms. The number of sulfonamides is 1. The number of benzene rings is 1. The topological polar surface area (TPSA) is 100 Å². The first-order valence-electron chi connectivity index (χ1n) is 7.50. The second-order valence-corrected chi connectivity index (χ2v) is 8.24. The van der Waals surface area contributed by atoms with Gasteiger partial charge in [0.25, 0.3) is 10.0 Å². The smallest absolute Gasteiger partial charge is 0.263 e. The number of anilines is 2. The van der Waals surface area contributed by atoms with Crippen LogP contribution in [-0.4, -0.2) is 32.4 Å². The molecule has 0 saturated carbocycles. The van der Waals surface area contributed by atoms with Gasteiger partial charge in [-0.25, -0.2) is 13.4 Å². The predicted octanol–water partition coefficient (Wildman–Crippen LogP) is 1.74. The highest BCUT2D eigenvalue weighted by Gasteiger charge is 2.28. The molecular weight excluding hydrogens is 348 g/mol. The number of nitrogens with one attached hydrogen (secondary N) is 3. The largest absolute Gasteiger partial charge is 0.326 e. The summed E-state index contributed by atoms with van der Waals surface area (Å²) in [5.74, 6) is 0.0902. The van der Waals surface area contributed by atoms with Crippen LogP contribution in [-0.2, 0) is 14.8 Å². The molecule has 1 aliphatic heterocycles. The van der Waals surface area contributed by atoms with Crippen LogP contribution in [0.25, 0.3) is 0 Å². The van der Waals surface area contributed by atoms with E-state index in [1.807, 2.05) is 6.92 Å². The van der Waals surface area contributed by atoms with Gasteiger partial charge < -0.3 is 10.6 Å². The van der Waals surface area contributed by atoms with Crippen LogP contribution in [0.15, 0.2) is 40.7 Å². The quantitative estimate of drug-likeness (QED) is 0.723. The van der Waals surface area contributed by atoms with Gasteiger partial charge in [-0.3, -0.25) is 9.52 Å². The van der Waals surface area contributed by atoms with Gasteiger partial charge in [0, 0.05) is 23.2 Å². The molecule has 2 heterocycles. The average Bonchev–Trinajstić information content (AvgIpc) is 2.98. The molecular formula is C15H18N4O3S2. The Balaban J connectivity index is 1.72. The van der Waals surface area contributed by atoms with E-state index in [9.17, 15) is 13.2 Å². The minimum atomic E-state index is -3.73. The van der Waals surface area contributed by atoms with Gasteiger partial charge in [-0.1, -0.05) is 13.0 Å². The first-order valence-corrected chi connectivity index (χ1v) is 9.86. The maximum atomic E-state index is 12.4. The molecule has 0 spiro atoms. The third kappa shape index (κ3) is 3.74. The van der Waals surface area contributed by atoms with Crippen molar-refractivity contribution < 1.29 is 13.2 Å². The Bertz CT molecular complexity index is 817. The lowest BCUT2D eigenvalue weighted by Gasteiger charge is -2.31. The van der Waals surface area contributed by atoms with Crippen LogP contribution in [0.1, 0.15) is 6.92 Å². The molecule has 1 fully saturated rings. The summed E-state index contributed by atoms with van der Waals surface area (Å²) in [6, 6.07) is 6.19. The summed E-state index contributed by atoms with van der Waals surface area (Å²) in [5, 5.41) is 7.92. The van der Waals surface area contributed by atoms with Crippen LogP contribution in [0.4, 0.5) is 10.8 Å². The molecule has 0 radical (unpaired) electrons. The number of nitrogens with zero attached hydrogens (tertiary/aromatic N) is 1. The third-order valence-electron chi connectivity index (χ3n) is 4.00. The fourth-order valence-corrected chi connectivity index (χ4v) is 4.16. The molecule has 1 aromatic heterocycles. The van der Waals surface area contributed by atoms with Crippen molar-refractivity contribution in [1.29, 1.82) is 0 Å². The van der Waals surface area contributed by atoms with E-state index in [4.69, 9.17) is 0 Å². The van der Waals surface area contributed by atoms with Gasteiger partial charge in [-0.2, -0.15) is 0 Å². The number of thiazole rings is 1. The van der Waals surface area contributed by atoms with Crippen LogP contribution in [0.2, 0.25) is 0 Å². The first-order chi connectivity index (χ1) is 11.5. The summed E-state index contributed by atoms with van der Waals surface area (Å²) in [5.41, 5.74) is 0.459. The highest BCUT2D eigenvalue weighted by molar-refractivity contribution is 7.93. The molecule has 128 valence electrons. The minimum absolute atomic E-state index is 0.0773. The summed E-state index contributed by atoms with van der Waals surface area (Å²) in [4.78, 5) is 16.2. The summed E-state index contributed by atoms with van der Waals surface area (Å²) in [7, 11) is -3.73. The zero-order valence-corrected chi connectivity index (χ0v) is 14.7. The number of carbonyl (C=O) groups excluding carboxylic acids is 1. The molecule has 1 aliphatic rings. The van der Waals surface area contributed by atoms with Crippen molar-refractivity contribution >= 4 is 38.1 Å². The summed E-state index contributed by atoms with van der Waals surface area (Å²) >= 11 is 1.20. The van der Waals surface area contributed by atoms with Crippen molar-refractivity contribution in [3.8, 4) is 0 Å². The Kier molecular flexibility index (Phi) is 4.83. The number of rotatable bonds is 6. The molecule has 1 amide bonds. The van der Waals surface area contributed by atoms with Crippen LogP contribution >= 0.6 is 11.3 Å². The Morgan fingerprint density at radius 3 is 2.83 bits per heavy atom. The molecule has 9 heteroatoms. The van der Waals surface area contributed by atoms with Crippen molar-refractivity contribution in [2.75, 3.05) is 23.1 Å². The molecule has 0 aliphatic carbocycles. The third-order valence-corrected chi connectivity index (χ3v) is 6.15. The monoisotopic (exact) mass is 366 g/mol. The minimum Gasteiger partial charge on any atom is -0.326 e. The standard InChI is InChI=1S/C15H18N4O3S2/c1-10(11-8-16-9-11)14(20)18-12-3-2-4-13(7-12)24(21,22)19-15-17-5-6-23-15/h2-7,10-11,16H,8-9H2,1H3,(H,17,19)(H,18,20). The predicted molar refractivity (Wildman–Crippen MR) is 93.5 cm³/mol. The lowest BCUT2D eigenvalue weighted by molar-refractivity contribution is -0.121. The summed E-state index contributed by atoms with van der Waals surface area (Å²) in [6.45, 7) is 3.55. The van der Waals surface area contributed by atoms with Crippen molar-refractivity contribution in [3.05, 3.63) is 35.8 Å². The molecule has 2 aromatic rings. The maximum absolute atomic E-state index is 12.4. The molecule has 24 heavy (non-hydrogen) atoms. The summed E-state index contributed by atoms with van der Waals surface area (Å²) < 4.78 is 27.2. The first kappa shape index (κ1) is 16.9. The van der Waals surface area contributed by atoms with Gasteiger partial charge in [0.1, 0.15) is 0 Å². The SMILES string of the molecule is CC(C(=O)Nc1cccc(S(=O)(=O)Nc2nccs2)c1)C1CNC1. The van der Waals surface area contributed by atoms with Crippen molar-refractivity contribution in [2.24, 2.45) is 11.8 Å². The molecule has 1 aromatic carbocycles. The Morgan fingerprint density at radius 1 is 1.42 bits per heavy atom. The highest BCUT2D eigenvalue weighted by Crippen LogP contribution is 2.22. The van der Waals surface area contributed by atoms with E-state index in [1.165, 1.54) is 29.7 Å². The van der Waals surface area contributed by atoms with Crippen LogP contribution in [0.5, 0.6) is 0 Å². The number of hydrogen-bond acceptors (Lipinski definition) is 6. The van der Waals surface area contributed by atoms with E-state index in [2.05, 4.69) is 20.3 Å². The van der Waals surface area contributed by atoms with Crippen molar-refractivity contribution in [1.82, 2.24) is 10.3 Å². The Morgan fingerprint density at radius 2 is 2.21 bits per heavy atom. The number of amides is 1. The van der Waals surface area contributed by atoms with E-state index in [0.717, 1.165) is 13.1 Å². The average molecular weight is 366 g/mol. The number of hydrogen-bond donors (Lipinski definition) is 3. The number of aromatic nitrogens is 1. The fourth-order valence-electron chi connectivity index (χ4n) is 2.32. The second-order valence-electron chi connectivity index (χ2n) is 5.67. The molecule has 7 nitrogen and oxygen atoms in total. The normalized spacial score (nSPS) is 16.2. The van der Waals surface area contributed by atoms with Gasteiger partial charge in [0.15, 0.2) is 5.13 Å². The maximum Gasteiger partial charge on any atom is 0.263 e. The lowest BCUT2D eigenvalue weighted by Crippen LogP contribution is -2.48. The van der Waals surface area contributed by atoms with Crippen LogP contribution in [0, 0.1) is 11.8 Å². The van der Waals surface area contributed by atoms with Crippen LogP contribution in [0.3, 0.4) is 0 Å². The molecule has 1 unspecified atom stereocenters. The zero-order valence-electron chi connectivity index (χ0n) is 13.0. The van der Waals surface area contributed by atoms with E-state index in [0.29, 0.717) is 16.7 Å². The van der Waals surface area contributed by atoms with Crippen molar-refractivity contribution in [3.63, 3.8) is 0 Å². The Hall–Kier alpha value is -1.97. The highest BCUT2D eigenvalue weighted by atomic mass is 32.2. The molecule has 1 saturated heterocycles. The van der Waals surface area contributed by atoms with Crippen molar-refractivity contribution in [2.45, 2.75) is 11.8 Å². The Labute approximate surface area is 144 Å². The van der Waals surface area contributed by atoms with Gasteiger partial charge in [0.2, 0.25) is 5.91 Å². The fraction of sp³-hybridized carbons (Fsp3) is 0.333. The lowest BCUT2D eigenvalue weighted by atomic mass is 9.88. The van der Waals surface area contributed by atoms with Gasteiger partial charge in [0.05, 0.1) is 4.90 Å². The molecule has 3 rings (SSSR count). The van der Waals surface area contributed by atoms with Crippen LogP contribution < -0.4 is 15.4 Å². The zero-order chi connectivity index (χ0) is 17.2. The van der Waals surface area contributed by atoms with Gasteiger partial charge in [-0.15, -0.1) is 11.3 Å².